The summed E-state index contributed by atoms with van der Waals surface area (Å²) in [5.74, 6) is 1.49. The van der Waals surface area contributed by atoms with Gasteiger partial charge in [0, 0.05) is 39.3 Å². The zero-order valence-electron chi connectivity index (χ0n) is 16.5. The number of fused-ring (bicyclic) bond motifs is 1. The molecule has 6 nitrogen and oxygen atoms in total. The molecule has 0 aromatic carbocycles. The molecule has 144 valence electrons. The lowest BCUT2D eigenvalue weighted by molar-refractivity contribution is -0.127. The minimum absolute atomic E-state index is 0.0943. The Kier molecular flexibility index (Phi) is 5.82. The topological polar surface area (TPSA) is 66.5 Å². The predicted molar refractivity (Wildman–Crippen MR) is 103 cm³/mol. The number of anilines is 1. The molecule has 3 rings (SSSR count). The fourth-order valence-electron chi connectivity index (χ4n) is 3.45. The van der Waals surface area contributed by atoms with Gasteiger partial charge in [0.25, 0.3) is 0 Å². The fraction of sp³-hybridized carbons (Fsp3) is 0.700. The van der Waals surface area contributed by atoms with Gasteiger partial charge in [0.15, 0.2) is 0 Å². The fourth-order valence-corrected chi connectivity index (χ4v) is 3.45. The van der Waals surface area contributed by atoms with Gasteiger partial charge in [-0.15, -0.1) is 0 Å². The summed E-state index contributed by atoms with van der Waals surface area (Å²) in [7, 11) is 1.71. The number of nitrogens with zero attached hydrogens (tertiary/aromatic N) is 2. The van der Waals surface area contributed by atoms with Gasteiger partial charge < -0.3 is 15.4 Å². The molecule has 0 saturated heterocycles. The summed E-state index contributed by atoms with van der Waals surface area (Å²) >= 11 is 0. The minimum atomic E-state index is -0.639. The number of methoxy groups -OCH3 is 1. The van der Waals surface area contributed by atoms with Gasteiger partial charge in [-0.05, 0) is 37.3 Å². The normalized spacial score (nSPS) is 23.0. The van der Waals surface area contributed by atoms with Crippen molar-refractivity contribution in [2.45, 2.75) is 51.6 Å². The summed E-state index contributed by atoms with van der Waals surface area (Å²) in [6.07, 6.45) is 2.18. The molecule has 1 aromatic rings. The lowest BCUT2D eigenvalue weighted by Crippen LogP contribution is -2.54. The van der Waals surface area contributed by atoms with Crippen molar-refractivity contribution in [3.8, 4) is 0 Å². The van der Waals surface area contributed by atoms with Crippen molar-refractivity contribution in [3.63, 3.8) is 0 Å². The van der Waals surface area contributed by atoms with E-state index < -0.39 is 5.41 Å². The molecule has 0 bridgehead atoms. The Morgan fingerprint density at radius 1 is 1.42 bits per heavy atom. The molecule has 6 heteroatoms. The van der Waals surface area contributed by atoms with E-state index in [4.69, 9.17) is 9.72 Å². The lowest BCUT2D eigenvalue weighted by Gasteiger charge is -2.40. The summed E-state index contributed by atoms with van der Waals surface area (Å²) in [6, 6.07) is 4.49. The van der Waals surface area contributed by atoms with E-state index in [9.17, 15) is 4.79 Å². The summed E-state index contributed by atoms with van der Waals surface area (Å²) in [6.45, 7) is 10.2. The van der Waals surface area contributed by atoms with Crippen LogP contribution in [0.25, 0.3) is 0 Å². The van der Waals surface area contributed by atoms with E-state index in [2.05, 4.69) is 35.4 Å². The molecular weight excluding hydrogens is 328 g/mol. The van der Waals surface area contributed by atoms with Crippen molar-refractivity contribution < 1.29 is 9.53 Å². The number of carbonyl (C=O) groups excluding carboxylic acids is 1. The van der Waals surface area contributed by atoms with Crippen LogP contribution in [0.3, 0.4) is 0 Å². The number of hydrogen-bond acceptors (Lipinski definition) is 5. The van der Waals surface area contributed by atoms with E-state index in [-0.39, 0.29) is 5.91 Å². The van der Waals surface area contributed by atoms with Gasteiger partial charge in [-0.25, -0.2) is 4.98 Å². The first-order chi connectivity index (χ1) is 12.4. The van der Waals surface area contributed by atoms with Gasteiger partial charge in [-0.2, -0.15) is 0 Å². The van der Waals surface area contributed by atoms with Gasteiger partial charge >= 0.3 is 0 Å². The van der Waals surface area contributed by atoms with Crippen molar-refractivity contribution in [1.82, 2.24) is 15.2 Å². The first kappa shape index (κ1) is 19.1. The lowest BCUT2D eigenvalue weighted by atomic mass is 9.79. The van der Waals surface area contributed by atoms with Gasteiger partial charge in [0.2, 0.25) is 5.91 Å². The minimum Gasteiger partial charge on any atom is -0.383 e. The number of pyridine rings is 1. The third kappa shape index (κ3) is 4.35. The molecule has 1 unspecified atom stereocenters. The quantitative estimate of drug-likeness (QED) is 0.744. The molecule has 1 atom stereocenters. The smallest absolute Gasteiger partial charge is 0.233 e. The highest BCUT2D eigenvalue weighted by Gasteiger charge is 2.44. The standard InChI is InChI=1S/C20H32N4O2/c1-14(2)11-21-17-8-5-15-12-24(9-10-26-4)13-20(3,18(15)23-17)19(25)22-16-6-7-16/h5,8,14,16H,6-7,9-13H2,1-4H3,(H,21,23)(H,22,25). The first-order valence-electron chi connectivity index (χ1n) is 9.69. The number of aromatic nitrogens is 1. The third-order valence-corrected chi connectivity index (χ3v) is 5.15. The Morgan fingerprint density at radius 3 is 2.85 bits per heavy atom. The van der Waals surface area contributed by atoms with Crippen LogP contribution >= 0.6 is 0 Å². The van der Waals surface area contributed by atoms with E-state index >= 15 is 0 Å². The molecule has 1 aliphatic carbocycles. The monoisotopic (exact) mass is 360 g/mol. The average Bonchev–Trinajstić information content (AvgIpc) is 3.42. The highest BCUT2D eigenvalue weighted by Crippen LogP contribution is 2.34. The first-order valence-corrected chi connectivity index (χ1v) is 9.69. The molecule has 0 spiro atoms. The van der Waals surface area contributed by atoms with E-state index in [1.165, 1.54) is 0 Å². The number of nitrogens with one attached hydrogen (secondary N) is 2. The maximum Gasteiger partial charge on any atom is 0.233 e. The van der Waals surface area contributed by atoms with Crippen molar-refractivity contribution in [2.75, 3.05) is 38.7 Å². The molecule has 2 aliphatic rings. The van der Waals surface area contributed by atoms with Gasteiger partial charge in [-0.3, -0.25) is 9.69 Å². The second kappa shape index (κ2) is 7.92. The van der Waals surface area contributed by atoms with Crippen LogP contribution in [0.4, 0.5) is 5.82 Å². The van der Waals surface area contributed by atoms with Crippen molar-refractivity contribution in [2.24, 2.45) is 5.92 Å². The largest absolute Gasteiger partial charge is 0.383 e. The van der Waals surface area contributed by atoms with Crippen LogP contribution in [0.1, 0.15) is 44.9 Å². The van der Waals surface area contributed by atoms with E-state index in [0.29, 0.717) is 25.1 Å². The van der Waals surface area contributed by atoms with Crippen molar-refractivity contribution in [1.29, 1.82) is 0 Å². The molecule has 2 N–H and O–H groups in total. The second-order valence-corrected chi connectivity index (χ2v) is 8.26. The van der Waals surface area contributed by atoms with Crippen LogP contribution < -0.4 is 10.6 Å². The van der Waals surface area contributed by atoms with Crippen LogP contribution in [-0.4, -0.2) is 55.2 Å². The summed E-state index contributed by atoms with van der Waals surface area (Å²) < 4.78 is 5.24. The maximum atomic E-state index is 13.1. The molecule has 1 amide bonds. The number of amides is 1. The summed E-state index contributed by atoms with van der Waals surface area (Å²) in [5, 5.41) is 6.59. The molecule has 0 radical (unpaired) electrons. The molecule has 2 heterocycles. The molecule has 1 aromatic heterocycles. The predicted octanol–water partition coefficient (Wildman–Crippen LogP) is 2.15. The van der Waals surface area contributed by atoms with Crippen molar-refractivity contribution >= 4 is 11.7 Å². The Hall–Kier alpha value is -1.66. The Bertz CT molecular complexity index is 645. The third-order valence-electron chi connectivity index (χ3n) is 5.15. The van der Waals surface area contributed by atoms with E-state index in [0.717, 1.165) is 49.6 Å². The molecular formula is C20H32N4O2. The van der Waals surface area contributed by atoms with Crippen LogP contribution in [0.5, 0.6) is 0 Å². The van der Waals surface area contributed by atoms with Crippen molar-refractivity contribution in [3.05, 3.63) is 23.4 Å². The number of carbonyl (C=O) groups is 1. The number of hydrogen-bond donors (Lipinski definition) is 2. The molecule has 1 aliphatic heterocycles. The zero-order chi connectivity index (χ0) is 18.7. The second-order valence-electron chi connectivity index (χ2n) is 8.26. The Balaban J connectivity index is 1.87. The van der Waals surface area contributed by atoms with Crippen LogP contribution in [0.15, 0.2) is 12.1 Å². The van der Waals surface area contributed by atoms with Crippen LogP contribution in [0, 0.1) is 5.92 Å². The van der Waals surface area contributed by atoms with E-state index in [1.54, 1.807) is 7.11 Å². The SMILES string of the molecule is COCCN1Cc2ccc(NCC(C)C)nc2C(C)(C(=O)NC2CC2)C1. The number of ether oxygens (including phenoxy) is 1. The van der Waals surface area contributed by atoms with Gasteiger partial charge in [-0.1, -0.05) is 19.9 Å². The van der Waals surface area contributed by atoms with E-state index in [1.807, 2.05) is 13.0 Å². The van der Waals surface area contributed by atoms with Gasteiger partial charge in [0.1, 0.15) is 11.2 Å². The van der Waals surface area contributed by atoms with Gasteiger partial charge in [0.05, 0.1) is 12.3 Å². The molecule has 1 saturated carbocycles. The Labute approximate surface area is 156 Å². The molecule has 1 fully saturated rings. The Morgan fingerprint density at radius 2 is 2.19 bits per heavy atom. The maximum absolute atomic E-state index is 13.1. The zero-order valence-corrected chi connectivity index (χ0v) is 16.5. The van der Waals surface area contributed by atoms with Crippen LogP contribution in [-0.2, 0) is 21.5 Å². The highest BCUT2D eigenvalue weighted by molar-refractivity contribution is 5.89. The number of rotatable bonds is 8. The summed E-state index contributed by atoms with van der Waals surface area (Å²) in [5.41, 5.74) is 1.41. The summed E-state index contributed by atoms with van der Waals surface area (Å²) in [4.78, 5) is 20.3. The highest BCUT2D eigenvalue weighted by atomic mass is 16.5. The average molecular weight is 361 g/mol. The van der Waals surface area contributed by atoms with Crippen LogP contribution in [0.2, 0.25) is 0 Å². The molecule has 26 heavy (non-hydrogen) atoms.